The Kier molecular flexibility index (Phi) is 7.28. The summed E-state index contributed by atoms with van der Waals surface area (Å²) in [4.78, 5) is 7.48. The third-order valence-electron chi connectivity index (χ3n) is 13.6. The summed E-state index contributed by atoms with van der Waals surface area (Å²) in [5, 5.41) is 0. The van der Waals surface area contributed by atoms with Crippen LogP contribution in [0.3, 0.4) is 0 Å². The van der Waals surface area contributed by atoms with Crippen molar-refractivity contribution in [1.82, 2.24) is 0 Å². The Bertz CT molecular complexity index is 2300. The first-order valence-electron chi connectivity index (χ1n) is 19.9. The topological polar surface area (TPSA) is 6.48 Å². The van der Waals surface area contributed by atoms with Gasteiger partial charge in [-0.15, -0.1) is 0 Å². The van der Waals surface area contributed by atoms with E-state index in [0.717, 1.165) is 23.7 Å². The summed E-state index contributed by atoms with van der Waals surface area (Å²) in [7, 11) is 0. The molecule has 1 heterocycles. The van der Waals surface area contributed by atoms with Crippen LogP contribution in [0.25, 0.3) is 11.1 Å². The second-order valence-electron chi connectivity index (χ2n) is 17.1. The molecule has 4 bridgehead atoms. The number of para-hydroxylation sites is 2. The standard InChI is InChI=1S/C50H46N2S/c1-50(2)44-10-4-3-9-41(44)42-24-23-40(31-45(42)50)51(37-17-15-35(16-18-37)43-30-34-26-32-25-33(27-34)29-36(43)28-32)38-19-21-39(22-20-38)52-46-11-5-7-13-48(46)53-49-14-8-6-12-47(49)52/h3-24,31-34,36,43H,25-30H2,1-2H3. The Balaban J connectivity index is 0.999. The van der Waals surface area contributed by atoms with E-state index in [1.807, 2.05) is 11.8 Å². The molecule has 0 radical (unpaired) electrons. The molecule has 1 aliphatic heterocycles. The third kappa shape index (κ3) is 5.14. The lowest BCUT2D eigenvalue weighted by molar-refractivity contribution is 0.131. The number of rotatable bonds is 5. The average Bonchev–Trinajstić information content (AvgIpc) is 3.25. The van der Waals surface area contributed by atoms with Crippen molar-refractivity contribution in [2.24, 2.45) is 23.7 Å². The molecule has 5 aliphatic carbocycles. The van der Waals surface area contributed by atoms with E-state index >= 15 is 0 Å². The first-order valence-corrected chi connectivity index (χ1v) is 20.7. The third-order valence-corrected chi connectivity index (χ3v) is 14.8. The molecule has 12 rings (SSSR count). The van der Waals surface area contributed by atoms with Crippen LogP contribution >= 0.6 is 11.8 Å². The van der Waals surface area contributed by atoms with E-state index in [1.165, 1.54) is 105 Å². The van der Waals surface area contributed by atoms with E-state index < -0.39 is 0 Å². The van der Waals surface area contributed by atoms with Gasteiger partial charge in [-0.25, -0.2) is 0 Å². The minimum atomic E-state index is -0.0631. The lowest BCUT2D eigenvalue weighted by Gasteiger charge is -2.39. The smallest absolute Gasteiger partial charge is 0.0601 e. The number of anilines is 6. The second-order valence-corrected chi connectivity index (χ2v) is 18.2. The van der Waals surface area contributed by atoms with E-state index in [4.69, 9.17) is 0 Å². The summed E-state index contributed by atoms with van der Waals surface area (Å²) in [6.45, 7) is 4.77. The molecule has 3 atom stereocenters. The molecule has 0 saturated heterocycles. The maximum Gasteiger partial charge on any atom is 0.0601 e. The van der Waals surface area contributed by atoms with Gasteiger partial charge in [0.05, 0.1) is 11.4 Å². The summed E-state index contributed by atoms with van der Waals surface area (Å²) >= 11 is 1.86. The minimum Gasteiger partial charge on any atom is -0.310 e. The van der Waals surface area contributed by atoms with Crippen molar-refractivity contribution in [2.45, 2.75) is 73.5 Å². The normalized spacial score (nSPS) is 24.2. The summed E-state index contributed by atoms with van der Waals surface area (Å²) in [6.07, 6.45) is 8.77. The molecule has 3 unspecified atom stereocenters. The molecular formula is C50H46N2S. The van der Waals surface area contributed by atoms with Crippen LogP contribution < -0.4 is 9.80 Å². The van der Waals surface area contributed by atoms with Crippen LogP contribution in [0.1, 0.15) is 75.0 Å². The van der Waals surface area contributed by atoms with Crippen LogP contribution in [0.2, 0.25) is 0 Å². The lowest BCUT2D eigenvalue weighted by atomic mass is 9.67. The fourth-order valence-corrected chi connectivity index (χ4v) is 12.5. The molecule has 6 aliphatic rings. The molecule has 0 aromatic heterocycles. The monoisotopic (exact) mass is 706 g/mol. The van der Waals surface area contributed by atoms with E-state index in [-0.39, 0.29) is 5.41 Å². The van der Waals surface area contributed by atoms with E-state index in [9.17, 15) is 0 Å². The molecule has 0 amide bonds. The van der Waals surface area contributed by atoms with Crippen molar-refractivity contribution < 1.29 is 0 Å². The molecule has 6 aromatic carbocycles. The highest BCUT2D eigenvalue weighted by Gasteiger charge is 2.44. The highest BCUT2D eigenvalue weighted by molar-refractivity contribution is 7.99. The number of hydrogen-bond donors (Lipinski definition) is 0. The van der Waals surface area contributed by atoms with Gasteiger partial charge in [0, 0.05) is 38.0 Å². The first-order chi connectivity index (χ1) is 26.0. The minimum absolute atomic E-state index is 0.0631. The van der Waals surface area contributed by atoms with Crippen LogP contribution in [-0.4, -0.2) is 0 Å². The van der Waals surface area contributed by atoms with Gasteiger partial charge in [0.25, 0.3) is 0 Å². The molecule has 3 heteroatoms. The van der Waals surface area contributed by atoms with Crippen molar-refractivity contribution >= 4 is 45.9 Å². The van der Waals surface area contributed by atoms with Crippen molar-refractivity contribution in [3.63, 3.8) is 0 Å². The molecule has 6 aromatic rings. The molecule has 4 saturated carbocycles. The molecular weight excluding hydrogens is 661 g/mol. The van der Waals surface area contributed by atoms with Gasteiger partial charge in [0.2, 0.25) is 0 Å². The predicted octanol–water partition coefficient (Wildman–Crippen LogP) is 14.3. The Labute approximate surface area is 318 Å². The summed E-state index contributed by atoms with van der Waals surface area (Å²) < 4.78 is 0. The van der Waals surface area contributed by atoms with Crippen LogP contribution in [-0.2, 0) is 5.41 Å². The van der Waals surface area contributed by atoms with Crippen molar-refractivity contribution in [3.8, 4) is 11.1 Å². The van der Waals surface area contributed by atoms with E-state index in [0.29, 0.717) is 5.92 Å². The number of fused-ring (bicyclic) bond motifs is 6. The van der Waals surface area contributed by atoms with Gasteiger partial charge < -0.3 is 9.80 Å². The van der Waals surface area contributed by atoms with E-state index in [1.54, 1.807) is 5.56 Å². The second kappa shape index (κ2) is 12.1. The van der Waals surface area contributed by atoms with Gasteiger partial charge in [-0.1, -0.05) is 92.3 Å². The fourth-order valence-electron chi connectivity index (χ4n) is 11.4. The van der Waals surface area contributed by atoms with Gasteiger partial charge in [0.15, 0.2) is 0 Å². The van der Waals surface area contributed by atoms with Crippen LogP contribution in [0.15, 0.2) is 149 Å². The number of hydrogen-bond acceptors (Lipinski definition) is 3. The maximum atomic E-state index is 2.49. The Morgan fingerprint density at radius 3 is 1.75 bits per heavy atom. The van der Waals surface area contributed by atoms with Gasteiger partial charge in [0.1, 0.15) is 0 Å². The molecule has 262 valence electrons. The van der Waals surface area contributed by atoms with Gasteiger partial charge >= 0.3 is 0 Å². The van der Waals surface area contributed by atoms with E-state index in [2.05, 4.69) is 163 Å². The molecule has 53 heavy (non-hydrogen) atoms. The quantitative estimate of drug-likeness (QED) is 0.176. The fraction of sp³-hybridized carbons (Fsp3) is 0.280. The van der Waals surface area contributed by atoms with Gasteiger partial charge in [-0.2, -0.15) is 0 Å². The summed E-state index contributed by atoms with van der Waals surface area (Å²) in [5.74, 6) is 4.49. The number of benzene rings is 6. The predicted molar refractivity (Wildman–Crippen MR) is 222 cm³/mol. The average molecular weight is 707 g/mol. The molecule has 2 nitrogen and oxygen atoms in total. The highest BCUT2D eigenvalue weighted by atomic mass is 32.2. The Hall–Kier alpha value is -4.73. The maximum absolute atomic E-state index is 2.49. The van der Waals surface area contributed by atoms with Crippen molar-refractivity contribution in [1.29, 1.82) is 0 Å². The Morgan fingerprint density at radius 2 is 1.08 bits per heavy atom. The zero-order valence-corrected chi connectivity index (χ0v) is 31.5. The van der Waals surface area contributed by atoms with Crippen LogP contribution in [0.4, 0.5) is 34.1 Å². The van der Waals surface area contributed by atoms with Crippen LogP contribution in [0, 0.1) is 23.7 Å². The SMILES string of the molecule is CC1(C)c2ccccc2-c2ccc(N(c3ccc(C4CC5CC6CC(C5)CC4C6)cc3)c3ccc(N4c5ccccc5Sc5ccccc54)cc3)cc21. The zero-order chi connectivity index (χ0) is 35.3. The number of nitrogens with zero attached hydrogens (tertiary/aromatic N) is 2. The first kappa shape index (κ1) is 31.8. The van der Waals surface area contributed by atoms with Crippen molar-refractivity contribution in [3.05, 3.63) is 156 Å². The summed E-state index contributed by atoms with van der Waals surface area (Å²) in [5.41, 5.74) is 14.3. The van der Waals surface area contributed by atoms with Gasteiger partial charge in [-0.3, -0.25) is 0 Å². The van der Waals surface area contributed by atoms with Crippen LogP contribution in [0.5, 0.6) is 0 Å². The zero-order valence-electron chi connectivity index (χ0n) is 30.7. The summed E-state index contributed by atoms with van der Waals surface area (Å²) in [6, 6.07) is 52.8. The highest BCUT2D eigenvalue weighted by Crippen LogP contribution is 2.57. The van der Waals surface area contributed by atoms with Gasteiger partial charge in [-0.05, 0) is 169 Å². The molecule has 4 fully saturated rings. The molecule has 0 spiro atoms. The Morgan fingerprint density at radius 1 is 0.528 bits per heavy atom. The largest absolute Gasteiger partial charge is 0.310 e. The lowest BCUT2D eigenvalue weighted by Crippen LogP contribution is -2.27. The molecule has 0 N–H and O–H groups in total. The van der Waals surface area contributed by atoms with Crippen molar-refractivity contribution in [2.75, 3.05) is 9.80 Å².